The van der Waals surface area contributed by atoms with Crippen LogP contribution in [0.4, 0.5) is 0 Å². The van der Waals surface area contributed by atoms with Crippen LogP contribution >= 0.6 is 0 Å². The van der Waals surface area contributed by atoms with E-state index in [0.29, 0.717) is 18.1 Å². The number of benzene rings is 2. The van der Waals surface area contributed by atoms with Gasteiger partial charge in [-0.05, 0) is 36.8 Å². The van der Waals surface area contributed by atoms with Gasteiger partial charge in [-0.25, -0.2) is 4.98 Å². The summed E-state index contributed by atoms with van der Waals surface area (Å²) in [5.41, 5.74) is 3.03. The molecule has 2 amide bonds. The van der Waals surface area contributed by atoms with Gasteiger partial charge in [0, 0.05) is 19.8 Å². The normalized spacial score (nSPS) is 11.8. The van der Waals surface area contributed by atoms with E-state index in [4.69, 9.17) is 4.98 Å². The Hall–Kier alpha value is -4.00. The molecule has 2 aromatic heterocycles. The number of likely N-dealkylation sites (N-methyl/N-ethyl adjacent to an activating group) is 1. The zero-order valence-corrected chi connectivity index (χ0v) is 18.1. The van der Waals surface area contributed by atoms with Crippen molar-refractivity contribution in [3.63, 3.8) is 0 Å². The van der Waals surface area contributed by atoms with Crippen molar-refractivity contribution in [2.24, 2.45) is 0 Å². The number of imidazole rings is 1. The lowest BCUT2D eigenvalue weighted by atomic mass is 10.2. The van der Waals surface area contributed by atoms with Gasteiger partial charge in [-0.1, -0.05) is 48.5 Å². The third-order valence-corrected chi connectivity index (χ3v) is 5.30. The van der Waals surface area contributed by atoms with Crippen LogP contribution in [0, 0.1) is 0 Å². The predicted molar refractivity (Wildman–Crippen MR) is 123 cm³/mol. The van der Waals surface area contributed by atoms with Crippen molar-refractivity contribution >= 4 is 22.8 Å². The Morgan fingerprint density at radius 2 is 1.72 bits per heavy atom. The van der Waals surface area contributed by atoms with Crippen LogP contribution in [-0.2, 0) is 17.9 Å². The van der Waals surface area contributed by atoms with Crippen LogP contribution < -0.4 is 5.32 Å². The molecule has 4 aromatic rings. The van der Waals surface area contributed by atoms with E-state index in [1.165, 1.54) is 0 Å². The largest absolute Gasteiger partial charge is 0.341 e. The standard InChI is InChI=1S/C25H25N5O2/c1-18(27-25(32)21-13-8-9-15-26-21)24-28-20-12-6-7-14-22(20)30(24)17-23(31)29(2)16-19-10-4-3-5-11-19/h3-15,18H,16-17H2,1-2H3,(H,27,32). The number of rotatable bonds is 7. The lowest BCUT2D eigenvalue weighted by Gasteiger charge is -2.20. The Bertz CT molecular complexity index is 1220. The number of nitrogens with zero attached hydrogens (tertiary/aromatic N) is 4. The van der Waals surface area contributed by atoms with Gasteiger partial charge in [0.2, 0.25) is 5.91 Å². The summed E-state index contributed by atoms with van der Waals surface area (Å²) in [6.45, 7) is 2.51. The second kappa shape index (κ2) is 9.43. The van der Waals surface area contributed by atoms with E-state index in [1.807, 2.05) is 66.1 Å². The minimum absolute atomic E-state index is 0.0403. The van der Waals surface area contributed by atoms with E-state index in [2.05, 4.69) is 10.3 Å². The van der Waals surface area contributed by atoms with Crippen molar-refractivity contribution in [2.75, 3.05) is 7.05 Å². The Balaban J connectivity index is 1.57. The molecule has 7 heteroatoms. The zero-order chi connectivity index (χ0) is 22.5. The van der Waals surface area contributed by atoms with Gasteiger partial charge in [0.1, 0.15) is 18.1 Å². The quantitative estimate of drug-likeness (QED) is 0.489. The molecule has 1 unspecified atom stereocenters. The van der Waals surface area contributed by atoms with Gasteiger partial charge >= 0.3 is 0 Å². The average molecular weight is 428 g/mol. The number of hydrogen-bond donors (Lipinski definition) is 1. The van der Waals surface area contributed by atoms with Crippen molar-refractivity contribution in [1.29, 1.82) is 0 Å². The van der Waals surface area contributed by atoms with Crippen molar-refractivity contribution in [2.45, 2.75) is 26.1 Å². The molecule has 2 aromatic carbocycles. The molecule has 1 atom stereocenters. The van der Waals surface area contributed by atoms with Crippen molar-refractivity contribution in [3.05, 3.63) is 96.1 Å². The summed E-state index contributed by atoms with van der Waals surface area (Å²) in [6.07, 6.45) is 1.58. The first kappa shape index (κ1) is 21.2. The number of fused-ring (bicyclic) bond motifs is 1. The number of amides is 2. The van der Waals surface area contributed by atoms with Crippen LogP contribution in [0.3, 0.4) is 0 Å². The molecule has 2 heterocycles. The number of carbonyl (C=O) groups excluding carboxylic acids is 2. The van der Waals surface area contributed by atoms with E-state index in [0.717, 1.165) is 16.6 Å². The third kappa shape index (κ3) is 4.67. The summed E-state index contributed by atoms with van der Waals surface area (Å²) in [6, 6.07) is 22.3. The van der Waals surface area contributed by atoms with Gasteiger partial charge in [0.15, 0.2) is 0 Å². The van der Waals surface area contributed by atoms with Gasteiger partial charge in [-0.15, -0.1) is 0 Å². The van der Waals surface area contributed by atoms with Crippen molar-refractivity contribution < 1.29 is 9.59 Å². The number of aromatic nitrogens is 3. The maximum Gasteiger partial charge on any atom is 0.270 e. The Morgan fingerprint density at radius 3 is 2.47 bits per heavy atom. The molecule has 0 spiro atoms. The van der Waals surface area contributed by atoms with Crippen LogP contribution in [0.1, 0.15) is 34.8 Å². The zero-order valence-electron chi connectivity index (χ0n) is 18.1. The molecule has 0 aliphatic rings. The van der Waals surface area contributed by atoms with Crippen LogP contribution in [-0.4, -0.2) is 38.3 Å². The van der Waals surface area contributed by atoms with Gasteiger partial charge in [0.05, 0.1) is 17.1 Å². The number of hydrogen-bond acceptors (Lipinski definition) is 4. The highest BCUT2D eigenvalue weighted by Gasteiger charge is 2.22. The van der Waals surface area contributed by atoms with Gasteiger partial charge in [0.25, 0.3) is 5.91 Å². The number of nitrogens with one attached hydrogen (secondary N) is 1. The topological polar surface area (TPSA) is 80.1 Å². The number of pyridine rings is 1. The highest BCUT2D eigenvalue weighted by Crippen LogP contribution is 2.21. The fourth-order valence-electron chi connectivity index (χ4n) is 3.62. The van der Waals surface area contributed by atoms with Crippen molar-refractivity contribution in [1.82, 2.24) is 24.8 Å². The van der Waals surface area contributed by atoms with Crippen LogP contribution in [0.5, 0.6) is 0 Å². The molecule has 0 saturated carbocycles. The van der Waals surface area contributed by atoms with Gasteiger partial charge < -0.3 is 14.8 Å². The van der Waals surface area contributed by atoms with E-state index in [1.54, 1.807) is 36.3 Å². The van der Waals surface area contributed by atoms with Gasteiger partial charge in [-0.3, -0.25) is 14.6 Å². The second-order valence-corrected chi connectivity index (χ2v) is 7.69. The molecule has 7 nitrogen and oxygen atoms in total. The van der Waals surface area contributed by atoms with Crippen LogP contribution in [0.2, 0.25) is 0 Å². The van der Waals surface area contributed by atoms with E-state index < -0.39 is 6.04 Å². The van der Waals surface area contributed by atoms with Crippen LogP contribution in [0.25, 0.3) is 11.0 Å². The fourth-order valence-corrected chi connectivity index (χ4v) is 3.62. The molecule has 0 fully saturated rings. The molecule has 32 heavy (non-hydrogen) atoms. The minimum atomic E-state index is -0.413. The first-order chi connectivity index (χ1) is 15.5. The molecule has 0 aliphatic carbocycles. The van der Waals surface area contributed by atoms with E-state index in [-0.39, 0.29) is 18.4 Å². The molecule has 0 radical (unpaired) electrons. The molecule has 0 aliphatic heterocycles. The van der Waals surface area contributed by atoms with Crippen molar-refractivity contribution in [3.8, 4) is 0 Å². The SMILES string of the molecule is CC(NC(=O)c1ccccn1)c1nc2ccccc2n1CC(=O)N(C)Cc1ccccc1. The Labute approximate surface area is 186 Å². The third-order valence-electron chi connectivity index (χ3n) is 5.30. The molecule has 0 bridgehead atoms. The highest BCUT2D eigenvalue weighted by molar-refractivity contribution is 5.92. The number of carbonyl (C=O) groups is 2. The lowest BCUT2D eigenvalue weighted by Crippen LogP contribution is -2.33. The fraction of sp³-hybridized carbons (Fsp3) is 0.200. The maximum atomic E-state index is 13.1. The first-order valence-corrected chi connectivity index (χ1v) is 10.5. The molecule has 4 rings (SSSR count). The first-order valence-electron chi connectivity index (χ1n) is 10.5. The second-order valence-electron chi connectivity index (χ2n) is 7.69. The molecular weight excluding hydrogens is 402 g/mol. The summed E-state index contributed by atoms with van der Waals surface area (Å²) in [7, 11) is 1.79. The molecule has 0 saturated heterocycles. The Kier molecular flexibility index (Phi) is 6.26. The molecular formula is C25H25N5O2. The smallest absolute Gasteiger partial charge is 0.270 e. The van der Waals surface area contributed by atoms with E-state index in [9.17, 15) is 9.59 Å². The van der Waals surface area contributed by atoms with E-state index >= 15 is 0 Å². The predicted octanol–water partition coefficient (Wildman–Crippen LogP) is 3.58. The monoisotopic (exact) mass is 427 g/mol. The Morgan fingerprint density at radius 1 is 1.00 bits per heavy atom. The lowest BCUT2D eigenvalue weighted by molar-refractivity contribution is -0.131. The average Bonchev–Trinajstić information content (AvgIpc) is 3.18. The molecule has 1 N–H and O–H groups in total. The summed E-state index contributed by atoms with van der Waals surface area (Å²) in [5, 5.41) is 2.95. The summed E-state index contributed by atoms with van der Waals surface area (Å²) >= 11 is 0. The highest BCUT2D eigenvalue weighted by atomic mass is 16.2. The van der Waals surface area contributed by atoms with Gasteiger partial charge in [-0.2, -0.15) is 0 Å². The van der Waals surface area contributed by atoms with Crippen LogP contribution in [0.15, 0.2) is 79.0 Å². The molecule has 162 valence electrons. The summed E-state index contributed by atoms with van der Waals surface area (Å²) in [4.78, 5) is 36.2. The maximum absolute atomic E-state index is 13.1. The summed E-state index contributed by atoms with van der Waals surface area (Å²) < 4.78 is 1.88. The summed E-state index contributed by atoms with van der Waals surface area (Å²) in [5.74, 6) is 0.294. The minimum Gasteiger partial charge on any atom is -0.341 e. The number of para-hydroxylation sites is 2.